The molecule has 1 unspecified atom stereocenters. The fourth-order valence-corrected chi connectivity index (χ4v) is 3.68. The zero-order valence-corrected chi connectivity index (χ0v) is 20.2. The fraction of sp³-hybridized carbons (Fsp3) is 0.296. The first-order chi connectivity index (χ1) is 16.8. The molecule has 0 bridgehead atoms. The van der Waals surface area contributed by atoms with E-state index in [4.69, 9.17) is 15.2 Å². The number of hydrogen-bond donors (Lipinski definition) is 3. The summed E-state index contributed by atoms with van der Waals surface area (Å²) in [5.41, 5.74) is 6.77. The van der Waals surface area contributed by atoms with E-state index in [0.717, 1.165) is 21.9 Å². The number of carbonyl (C=O) groups excluding carboxylic acids is 3. The predicted molar refractivity (Wildman–Crippen MR) is 134 cm³/mol. The highest BCUT2D eigenvalue weighted by Gasteiger charge is 2.24. The van der Waals surface area contributed by atoms with Crippen LogP contribution in [0.4, 0.5) is 0 Å². The number of methoxy groups -OCH3 is 1. The van der Waals surface area contributed by atoms with E-state index in [-0.39, 0.29) is 37.3 Å². The van der Waals surface area contributed by atoms with Gasteiger partial charge in [0.2, 0.25) is 11.8 Å². The van der Waals surface area contributed by atoms with E-state index in [2.05, 4.69) is 10.6 Å². The van der Waals surface area contributed by atoms with Crippen LogP contribution < -0.4 is 25.8 Å². The lowest BCUT2D eigenvalue weighted by Gasteiger charge is -2.22. The second-order valence-corrected chi connectivity index (χ2v) is 8.61. The Bertz CT molecular complexity index is 1210. The van der Waals surface area contributed by atoms with Crippen molar-refractivity contribution >= 4 is 28.5 Å². The molecule has 0 saturated heterocycles. The van der Waals surface area contributed by atoms with Gasteiger partial charge in [-0.15, -0.1) is 0 Å². The first-order valence-corrected chi connectivity index (χ1v) is 11.4. The third-order valence-electron chi connectivity index (χ3n) is 5.51. The van der Waals surface area contributed by atoms with Gasteiger partial charge in [0, 0.05) is 6.54 Å². The lowest BCUT2D eigenvalue weighted by atomic mass is 10.0. The van der Waals surface area contributed by atoms with E-state index >= 15 is 0 Å². The highest BCUT2D eigenvalue weighted by atomic mass is 16.5. The van der Waals surface area contributed by atoms with E-state index < -0.39 is 11.9 Å². The summed E-state index contributed by atoms with van der Waals surface area (Å²) >= 11 is 0. The van der Waals surface area contributed by atoms with Gasteiger partial charge in [0.05, 0.1) is 13.5 Å². The van der Waals surface area contributed by atoms with Crippen LogP contribution in [0.25, 0.3) is 10.8 Å². The minimum Gasteiger partial charge on any atom is -0.493 e. The van der Waals surface area contributed by atoms with Crippen molar-refractivity contribution in [3.8, 4) is 11.5 Å². The second kappa shape index (κ2) is 11.9. The summed E-state index contributed by atoms with van der Waals surface area (Å²) in [5, 5.41) is 7.92. The third kappa shape index (κ3) is 7.20. The number of hydrogen-bond acceptors (Lipinski definition) is 5. The van der Waals surface area contributed by atoms with Gasteiger partial charge < -0.3 is 25.8 Å². The number of rotatable bonds is 11. The molecular formula is C27H31N3O5. The van der Waals surface area contributed by atoms with Crippen LogP contribution in [0.3, 0.4) is 0 Å². The molecule has 8 heteroatoms. The van der Waals surface area contributed by atoms with Crippen LogP contribution in [0.5, 0.6) is 11.5 Å². The molecule has 0 spiro atoms. The van der Waals surface area contributed by atoms with Crippen molar-refractivity contribution < 1.29 is 23.9 Å². The average molecular weight is 478 g/mol. The van der Waals surface area contributed by atoms with E-state index in [0.29, 0.717) is 11.5 Å². The topological polar surface area (TPSA) is 120 Å². The quantitative estimate of drug-likeness (QED) is 0.392. The number of nitrogens with one attached hydrogen (secondary N) is 2. The zero-order valence-electron chi connectivity index (χ0n) is 20.2. The molecule has 0 saturated carbocycles. The summed E-state index contributed by atoms with van der Waals surface area (Å²) in [6, 6.07) is 18.3. The summed E-state index contributed by atoms with van der Waals surface area (Å²) in [4.78, 5) is 36.5. The summed E-state index contributed by atoms with van der Waals surface area (Å²) in [6.45, 7) is 3.74. The molecule has 184 valence electrons. The molecule has 3 aromatic rings. The lowest BCUT2D eigenvalue weighted by Crippen LogP contribution is -2.49. The summed E-state index contributed by atoms with van der Waals surface area (Å²) in [5.74, 6) is -0.392. The Hall–Kier alpha value is -4.07. The van der Waals surface area contributed by atoms with Crippen LogP contribution in [-0.2, 0) is 27.3 Å². The van der Waals surface area contributed by atoms with Crippen LogP contribution in [0.15, 0.2) is 60.7 Å². The maximum Gasteiger partial charge on any atom is 0.255 e. The molecule has 0 fully saturated rings. The lowest BCUT2D eigenvalue weighted by molar-refractivity contribution is -0.129. The largest absolute Gasteiger partial charge is 0.493 e. The average Bonchev–Trinajstić information content (AvgIpc) is 2.84. The molecule has 1 atom stereocenters. The Kier molecular flexibility index (Phi) is 8.67. The van der Waals surface area contributed by atoms with Gasteiger partial charge in [0.25, 0.3) is 5.91 Å². The van der Waals surface area contributed by atoms with Crippen molar-refractivity contribution in [1.82, 2.24) is 10.6 Å². The molecular weight excluding hydrogens is 446 g/mol. The van der Waals surface area contributed by atoms with Crippen LogP contribution in [0.2, 0.25) is 0 Å². The number of ether oxygens (including phenoxy) is 2. The van der Waals surface area contributed by atoms with Gasteiger partial charge in [-0.2, -0.15) is 0 Å². The molecule has 0 heterocycles. The number of benzene rings is 3. The molecule has 0 aliphatic carbocycles. The fourth-order valence-electron chi connectivity index (χ4n) is 3.68. The maximum absolute atomic E-state index is 12.9. The van der Waals surface area contributed by atoms with Crippen molar-refractivity contribution in [3.63, 3.8) is 0 Å². The van der Waals surface area contributed by atoms with Crippen LogP contribution in [0, 0.1) is 5.92 Å². The van der Waals surface area contributed by atoms with E-state index in [1.165, 1.54) is 7.11 Å². The van der Waals surface area contributed by atoms with Crippen molar-refractivity contribution in [2.45, 2.75) is 32.9 Å². The molecule has 3 amide bonds. The number of carbonyl (C=O) groups is 3. The summed E-state index contributed by atoms with van der Waals surface area (Å²) in [6.07, 6.45) is 0.186. The van der Waals surface area contributed by atoms with Gasteiger partial charge in [-0.05, 0) is 39.9 Å². The highest BCUT2D eigenvalue weighted by Crippen LogP contribution is 2.28. The summed E-state index contributed by atoms with van der Waals surface area (Å²) in [7, 11) is 1.48. The van der Waals surface area contributed by atoms with Crippen molar-refractivity contribution in [2.75, 3.05) is 13.7 Å². The van der Waals surface area contributed by atoms with Gasteiger partial charge in [-0.3, -0.25) is 14.4 Å². The SMILES string of the molecule is COc1cc(CNC(=O)C(NC(=O)Cc2ccc3ccccc3c2)C(C)C)ccc1OCC(N)=O. The van der Waals surface area contributed by atoms with Crippen molar-refractivity contribution in [1.29, 1.82) is 0 Å². The van der Waals surface area contributed by atoms with Gasteiger partial charge in [0.15, 0.2) is 18.1 Å². The smallest absolute Gasteiger partial charge is 0.255 e. The number of nitrogens with two attached hydrogens (primary N) is 1. The Morgan fingerprint density at radius 1 is 0.914 bits per heavy atom. The minimum absolute atomic E-state index is 0.102. The van der Waals surface area contributed by atoms with Gasteiger partial charge in [-0.25, -0.2) is 0 Å². The van der Waals surface area contributed by atoms with Gasteiger partial charge >= 0.3 is 0 Å². The molecule has 4 N–H and O–H groups in total. The molecule has 35 heavy (non-hydrogen) atoms. The summed E-state index contributed by atoms with van der Waals surface area (Å²) < 4.78 is 10.6. The van der Waals surface area contributed by atoms with Crippen LogP contribution in [0.1, 0.15) is 25.0 Å². The molecule has 0 radical (unpaired) electrons. The zero-order chi connectivity index (χ0) is 25.4. The Labute approximate surface area is 204 Å². The van der Waals surface area contributed by atoms with Crippen LogP contribution in [-0.4, -0.2) is 37.5 Å². The molecule has 0 aromatic heterocycles. The van der Waals surface area contributed by atoms with E-state index in [1.54, 1.807) is 18.2 Å². The van der Waals surface area contributed by atoms with Crippen molar-refractivity contribution in [2.24, 2.45) is 11.7 Å². The van der Waals surface area contributed by atoms with Crippen molar-refractivity contribution in [3.05, 3.63) is 71.8 Å². The maximum atomic E-state index is 12.9. The highest BCUT2D eigenvalue weighted by molar-refractivity contribution is 5.89. The first kappa shape index (κ1) is 25.6. The second-order valence-electron chi connectivity index (χ2n) is 8.61. The number of amides is 3. The van der Waals surface area contributed by atoms with E-state index in [9.17, 15) is 14.4 Å². The molecule has 0 aliphatic rings. The van der Waals surface area contributed by atoms with E-state index in [1.807, 2.05) is 56.3 Å². The number of primary amides is 1. The van der Waals surface area contributed by atoms with Crippen LogP contribution >= 0.6 is 0 Å². The predicted octanol–water partition coefficient (Wildman–Crippen LogP) is 2.71. The Balaban J connectivity index is 1.59. The Morgan fingerprint density at radius 3 is 2.31 bits per heavy atom. The van der Waals surface area contributed by atoms with Gasteiger partial charge in [-0.1, -0.05) is 62.4 Å². The minimum atomic E-state index is -0.678. The normalized spacial score (nSPS) is 11.7. The molecule has 0 aliphatic heterocycles. The molecule has 3 aromatic carbocycles. The standard InChI is InChI=1S/C27H31N3O5/c1-17(2)26(30-25(32)14-18-8-10-20-6-4-5-7-21(20)12-18)27(33)29-15-19-9-11-22(23(13-19)34-3)35-16-24(28)31/h4-13,17,26H,14-16H2,1-3H3,(H2,28,31)(H,29,33)(H,30,32). The van der Waals surface area contributed by atoms with Gasteiger partial charge in [0.1, 0.15) is 6.04 Å². The Morgan fingerprint density at radius 2 is 1.63 bits per heavy atom. The monoisotopic (exact) mass is 477 g/mol. The third-order valence-corrected chi connectivity index (χ3v) is 5.51. The molecule has 3 rings (SSSR count). The number of fused-ring (bicyclic) bond motifs is 1. The first-order valence-electron chi connectivity index (χ1n) is 11.4. The molecule has 8 nitrogen and oxygen atoms in total.